The van der Waals surface area contributed by atoms with Crippen LogP contribution in [0.2, 0.25) is 5.02 Å². The van der Waals surface area contributed by atoms with E-state index in [0.29, 0.717) is 10.7 Å². The van der Waals surface area contributed by atoms with E-state index < -0.39 is 0 Å². The standard InChI is InChI=1S/C13H10.C6H6ClN/c1-3-7-12-10(5-1)9-11-6-2-4-8-13(11)12;7-5-3-1-2-4-6(5)8/h1-8H,9H2;1-4H,8H2. The highest BCUT2D eigenvalue weighted by Gasteiger charge is 2.15. The average Bonchev–Trinajstić information content (AvgIpc) is 2.90. The number of nitrogen functional groups attached to an aromatic ring is 1. The van der Waals surface area contributed by atoms with Crippen LogP contribution in [0.25, 0.3) is 11.1 Å². The highest BCUT2D eigenvalue weighted by Crippen LogP contribution is 2.35. The Balaban J connectivity index is 0.000000143. The molecule has 0 amide bonds. The molecule has 0 radical (unpaired) electrons. The first-order chi connectivity index (χ1) is 10.3. The number of rotatable bonds is 0. The van der Waals surface area contributed by atoms with Gasteiger partial charge in [0, 0.05) is 0 Å². The summed E-state index contributed by atoms with van der Waals surface area (Å²) in [6, 6.07) is 24.5. The summed E-state index contributed by atoms with van der Waals surface area (Å²) < 4.78 is 0. The first kappa shape index (κ1) is 13.7. The highest BCUT2D eigenvalue weighted by molar-refractivity contribution is 6.33. The summed E-state index contributed by atoms with van der Waals surface area (Å²) in [4.78, 5) is 0. The normalized spacial score (nSPS) is 11.1. The van der Waals surface area contributed by atoms with Gasteiger partial charge in [-0.15, -0.1) is 0 Å². The number of benzene rings is 3. The minimum absolute atomic E-state index is 0.618. The van der Waals surface area contributed by atoms with Gasteiger partial charge < -0.3 is 5.73 Å². The van der Waals surface area contributed by atoms with Crippen LogP contribution in [0.1, 0.15) is 11.1 Å². The molecule has 3 aromatic rings. The smallest absolute Gasteiger partial charge is 0.0635 e. The van der Waals surface area contributed by atoms with Gasteiger partial charge in [-0.1, -0.05) is 72.3 Å². The minimum atomic E-state index is 0.618. The van der Waals surface area contributed by atoms with Crippen molar-refractivity contribution in [2.75, 3.05) is 5.73 Å². The molecule has 0 aliphatic heterocycles. The van der Waals surface area contributed by atoms with Crippen LogP contribution in [-0.2, 0) is 6.42 Å². The zero-order valence-electron chi connectivity index (χ0n) is 11.6. The van der Waals surface area contributed by atoms with Gasteiger partial charge in [0.05, 0.1) is 10.7 Å². The molecule has 3 aromatic carbocycles. The number of nitrogens with two attached hydrogens (primary N) is 1. The van der Waals surface area contributed by atoms with Gasteiger partial charge in [-0.2, -0.15) is 0 Å². The number of hydrogen-bond donors (Lipinski definition) is 1. The van der Waals surface area contributed by atoms with E-state index in [1.54, 1.807) is 12.1 Å². The summed E-state index contributed by atoms with van der Waals surface area (Å²) in [6.45, 7) is 0. The van der Waals surface area contributed by atoms with Gasteiger partial charge in [-0.3, -0.25) is 0 Å². The van der Waals surface area contributed by atoms with Crippen molar-refractivity contribution in [2.45, 2.75) is 6.42 Å². The first-order valence-electron chi connectivity index (χ1n) is 6.92. The fourth-order valence-corrected chi connectivity index (χ4v) is 2.69. The lowest BCUT2D eigenvalue weighted by molar-refractivity contribution is 1.26. The Kier molecular flexibility index (Phi) is 3.94. The minimum Gasteiger partial charge on any atom is -0.398 e. The first-order valence-corrected chi connectivity index (χ1v) is 7.29. The zero-order valence-corrected chi connectivity index (χ0v) is 12.3. The molecule has 0 spiro atoms. The summed E-state index contributed by atoms with van der Waals surface area (Å²) in [5, 5.41) is 0.618. The average molecular weight is 294 g/mol. The van der Waals surface area contributed by atoms with E-state index in [2.05, 4.69) is 48.5 Å². The predicted molar refractivity (Wildman–Crippen MR) is 90.5 cm³/mol. The molecule has 1 aliphatic rings. The van der Waals surface area contributed by atoms with Gasteiger partial charge >= 0.3 is 0 Å². The van der Waals surface area contributed by atoms with Crippen molar-refractivity contribution in [1.82, 2.24) is 0 Å². The van der Waals surface area contributed by atoms with Crippen LogP contribution >= 0.6 is 11.6 Å². The molecule has 0 aromatic heterocycles. The Labute approximate surface area is 130 Å². The van der Waals surface area contributed by atoms with Crippen molar-refractivity contribution in [3.8, 4) is 11.1 Å². The fourth-order valence-electron chi connectivity index (χ4n) is 2.55. The Morgan fingerprint density at radius 3 is 1.62 bits per heavy atom. The van der Waals surface area contributed by atoms with Crippen LogP contribution in [0.5, 0.6) is 0 Å². The molecular formula is C19H16ClN. The van der Waals surface area contributed by atoms with Gasteiger partial charge in [-0.25, -0.2) is 0 Å². The lowest BCUT2D eigenvalue weighted by Crippen LogP contribution is -1.82. The molecule has 21 heavy (non-hydrogen) atoms. The maximum absolute atomic E-state index is 5.58. The van der Waals surface area contributed by atoms with Gasteiger partial charge in [0.25, 0.3) is 0 Å². The molecule has 1 nitrogen and oxygen atoms in total. The monoisotopic (exact) mass is 293 g/mol. The van der Waals surface area contributed by atoms with E-state index in [4.69, 9.17) is 17.3 Å². The molecule has 4 rings (SSSR count). The van der Waals surface area contributed by atoms with E-state index in [1.165, 1.54) is 22.3 Å². The van der Waals surface area contributed by atoms with Crippen molar-refractivity contribution in [3.05, 3.63) is 88.9 Å². The molecule has 0 bridgehead atoms. The molecule has 0 unspecified atom stereocenters. The fraction of sp³-hybridized carbons (Fsp3) is 0.0526. The molecule has 0 fully saturated rings. The zero-order chi connectivity index (χ0) is 14.7. The molecule has 2 heteroatoms. The van der Waals surface area contributed by atoms with Crippen LogP contribution < -0.4 is 5.73 Å². The maximum atomic E-state index is 5.58. The third-order valence-electron chi connectivity index (χ3n) is 3.61. The van der Waals surface area contributed by atoms with Crippen LogP contribution in [0.4, 0.5) is 5.69 Å². The van der Waals surface area contributed by atoms with E-state index >= 15 is 0 Å². The van der Waals surface area contributed by atoms with E-state index in [9.17, 15) is 0 Å². The Hall–Kier alpha value is -2.25. The molecule has 0 saturated carbocycles. The third-order valence-corrected chi connectivity index (χ3v) is 3.96. The van der Waals surface area contributed by atoms with Gasteiger partial charge in [0.2, 0.25) is 0 Å². The lowest BCUT2D eigenvalue weighted by atomic mass is 10.1. The highest BCUT2D eigenvalue weighted by atomic mass is 35.5. The largest absolute Gasteiger partial charge is 0.398 e. The summed E-state index contributed by atoms with van der Waals surface area (Å²) in [5.41, 5.74) is 11.8. The second-order valence-corrected chi connectivity index (χ2v) is 5.42. The molecule has 0 saturated heterocycles. The van der Waals surface area contributed by atoms with Crippen molar-refractivity contribution in [2.24, 2.45) is 0 Å². The van der Waals surface area contributed by atoms with Crippen LogP contribution in [0.15, 0.2) is 72.8 Å². The SMILES string of the molecule is Nc1ccccc1Cl.c1ccc2c(c1)Cc1ccccc1-2. The molecule has 2 N–H and O–H groups in total. The predicted octanol–water partition coefficient (Wildman–Crippen LogP) is 5.18. The summed E-state index contributed by atoms with van der Waals surface area (Å²) in [5.74, 6) is 0. The van der Waals surface area contributed by atoms with E-state index in [0.717, 1.165) is 6.42 Å². The van der Waals surface area contributed by atoms with E-state index in [-0.39, 0.29) is 0 Å². The molecular weight excluding hydrogens is 278 g/mol. The Morgan fingerprint density at radius 2 is 1.14 bits per heavy atom. The lowest BCUT2D eigenvalue weighted by Gasteiger charge is -1.98. The number of para-hydroxylation sites is 1. The van der Waals surface area contributed by atoms with Crippen LogP contribution in [-0.4, -0.2) is 0 Å². The second-order valence-electron chi connectivity index (χ2n) is 5.01. The Morgan fingerprint density at radius 1 is 0.667 bits per heavy atom. The summed E-state index contributed by atoms with van der Waals surface area (Å²) >= 11 is 5.58. The molecule has 0 heterocycles. The molecule has 1 aliphatic carbocycles. The summed E-state index contributed by atoms with van der Waals surface area (Å²) in [6.07, 6.45) is 1.10. The molecule has 104 valence electrons. The van der Waals surface area contributed by atoms with Crippen molar-refractivity contribution in [3.63, 3.8) is 0 Å². The van der Waals surface area contributed by atoms with E-state index in [1.807, 2.05) is 12.1 Å². The summed E-state index contributed by atoms with van der Waals surface area (Å²) in [7, 11) is 0. The van der Waals surface area contributed by atoms with Crippen molar-refractivity contribution >= 4 is 17.3 Å². The maximum Gasteiger partial charge on any atom is 0.0635 e. The van der Waals surface area contributed by atoms with Crippen molar-refractivity contribution < 1.29 is 0 Å². The number of halogens is 1. The second kappa shape index (κ2) is 6.02. The van der Waals surface area contributed by atoms with Crippen LogP contribution in [0, 0.1) is 0 Å². The van der Waals surface area contributed by atoms with Gasteiger partial charge in [0.15, 0.2) is 0 Å². The third kappa shape index (κ3) is 2.93. The topological polar surface area (TPSA) is 26.0 Å². The number of hydrogen-bond acceptors (Lipinski definition) is 1. The quantitative estimate of drug-likeness (QED) is 0.444. The molecule has 0 atom stereocenters. The van der Waals surface area contributed by atoms with Gasteiger partial charge in [0.1, 0.15) is 0 Å². The number of anilines is 1. The Bertz CT molecular complexity index is 700. The van der Waals surface area contributed by atoms with Gasteiger partial charge in [-0.05, 0) is 40.8 Å². The number of fused-ring (bicyclic) bond motifs is 3. The van der Waals surface area contributed by atoms with Crippen molar-refractivity contribution in [1.29, 1.82) is 0 Å². The van der Waals surface area contributed by atoms with Crippen LogP contribution in [0.3, 0.4) is 0 Å².